The highest BCUT2D eigenvalue weighted by molar-refractivity contribution is 6.23. The summed E-state index contributed by atoms with van der Waals surface area (Å²) in [6, 6.07) is 0. The predicted octanol–water partition coefficient (Wildman–Crippen LogP) is 2.21. The molecule has 1 nitrogen and oxygen atoms in total. The van der Waals surface area contributed by atoms with Gasteiger partial charge in [-0.1, -0.05) is 6.08 Å². The zero-order valence-corrected chi connectivity index (χ0v) is 6.74. The van der Waals surface area contributed by atoms with E-state index in [1.807, 2.05) is 13.8 Å². The smallest absolute Gasteiger partial charge is 0.0657 e. The second-order valence-corrected chi connectivity index (χ2v) is 3.55. The Kier molecular flexibility index (Phi) is 3.91. The SMILES string of the molecule is C=CCOCC(C)(C)Cl. The Morgan fingerprint density at radius 1 is 1.67 bits per heavy atom. The molecular weight excluding hydrogens is 136 g/mol. The van der Waals surface area contributed by atoms with Crippen molar-refractivity contribution in [2.24, 2.45) is 0 Å². The lowest BCUT2D eigenvalue weighted by molar-refractivity contribution is 0.143. The molecule has 0 N–H and O–H groups in total. The zero-order chi connectivity index (χ0) is 7.33. The third kappa shape index (κ3) is 7.99. The second-order valence-electron chi connectivity index (χ2n) is 2.52. The molecule has 0 amide bonds. The average molecular weight is 149 g/mol. The van der Waals surface area contributed by atoms with Crippen molar-refractivity contribution in [3.63, 3.8) is 0 Å². The maximum atomic E-state index is 5.81. The van der Waals surface area contributed by atoms with Crippen LogP contribution in [0.25, 0.3) is 0 Å². The van der Waals surface area contributed by atoms with Crippen LogP contribution in [0.4, 0.5) is 0 Å². The van der Waals surface area contributed by atoms with E-state index in [1.54, 1.807) is 6.08 Å². The first-order valence-electron chi connectivity index (χ1n) is 2.94. The molecule has 0 aliphatic rings. The molecule has 0 saturated heterocycles. The highest BCUT2D eigenvalue weighted by Crippen LogP contribution is 2.11. The molecule has 54 valence electrons. The van der Waals surface area contributed by atoms with Crippen molar-refractivity contribution < 1.29 is 4.74 Å². The number of rotatable bonds is 4. The maximum absolute atomic E-state index is 5.81. The summed E-state index contributed by atoms with van der Waals surface area (Å²) in [5, 5.41) is 0. The van der Waals surface area contributed by atoms with Gasteiger partial charge in [-0.3, -0.25) is 0 Å². The largest absolute Gasteiger partial charge is 0.376 e. The fourth-order valence-electron chi connectivity index (χ4n) is 0.385. The van der Waals surface area contributed by atoms with E-state index in [9.17, 15) is 0 Å². The molecule has 9 heavy (non-hydrogen) atoms. The molecule has 0 saturated carbocycles. The van der Waals surface area contributed by atoms with Crippen molar-refractivity contribution in [2.45, 2.75) is 18.7 Å². The van der Waals surface area contributed by atoms with Gasteiger partial charge in [-0.25, -0.2) is 0 Å². The second kappa shape index (κ2) is 3.91. The lowest BCUT2D eigenvalue weighted by atomic mass is 10.2. The van der Waals surface area contributed by atoms with Gasteiger partial charge in [0.05, 0.1) is 18.1 Å². The lowest BCUT2D eigenvalue weighted by Gasteiger charge is -2.14. The minimum atomic E-state index is -0.247. The molecule has 0 spiro atoms. The van der Waals surface area contributed by atoms with Crippen LogP contribution in [0.5, 0.6) is 0 Å². The van der Waals surface area contributed by atoms with Gasteiger partial charge >= 0.3 is 0 Å². The van der Waals surface area contributed by atoms with Gasteiger partial charge in [0.15, 0.2) is 0 Å². The minimum Gasteiger partial charge on any atom is -0.376 e. The van der Waals surface area contributed by atoms with Gasteiger partial charge in [0.2, 0.25) is 0 Å². The van der Waals surface area contributed by atoms with Gasteiger partial charge in [0.1, 0.15) is 0 Å². The summed E-state index contributed by atoms with van der Waals surface area (Å²) >= 11 is 5.81. The number of hydrogen-bond donors (Lipinski definition) is 0. The van der Waals surface area contributed by atoms with Crippen LogP contribution in [0, 0.1) is 0 Å². The molecule has 0 atom stereocenters. The molecule has 0 unspecified atom stereocenters. The minimum absolute atomic E-state index is 0.247. The van der Waals surface area contributed by atoms with E-state index in [-0.39, 0.29) is 4.87 Å². The molecule has 0 rings (SSSR count). The first-order chi connectivity index (χ1) is 4.06. The van der Waals surface area contributed by atoms with E-state index in [0.717, 1.165) is 0 Å². The fourth-order valence-corrected chi connectivity index (χ4v) is 0.462. The third-order valence-corrected chi connectivity index (χ3v) is 0.790. The van der Waals surface area contributed by atoms with Crippen LogP contribution >= 0.6 is 11.6 Å². The number of hydrogen-bond acceptors (Lipinski definition) is 1. The predicted molar refractivity (Wildman–Crippen MR) is 40.9 cm³/mol. The van der Waals surface area contributed by atoms with Crippen molar-refractivity contribution in [1.82, 2.24) is 0 Å². The standard InChI is InChI=1S/C7H13ClO/c1-4-5-9-6-7(2,3)8/h4H,1,5-6H2,2-3H3. The van der Waals surface area contributed by atoms with Gasteiger partial charge in [0, 0.05) is 0 Å². The zero-order valence-electron chi connectivity index (χ0n) is 5.98. The van der Waals surface area contributed by atoms with E-state index < -0.39 is 0 Å². The monoisotopic (exact) mass is 148 g/mol. The van der Waals surface area contributed by atoms with Crippen LogP contribution < -0.4 is 0 Å². The van der Waals surface area contributed by atoms with Crippen LogP contribution in [0.1, 0.15) is 13.8 Å². The van der Waals surface area contributed by atoms with Gasteiger partial charge in [-0.2, -0.15) is 0 Å². The molecule has 0 bridgehead atoms. The van der Waals surface area contributed by atoms with E-state index in [1.165, 1.54) is 0 Å². The topological polar surface area (TPSA) is 9.23 Å². The molecule has 0 aromatic carbocycles. The van der Waals surface area contributed by atoms with Gasteiger partial charge in [0.25, 0.3) is 0 Å². The number of alkyl halides is 1. The molecule has 0 aromatic rings. The van der Waals surface area contributed by atoms with E-state index in [2.05, 4.69) is 6.58 Å². The molecule has 2 heteroatoms. The summed E-state index contributed by atoms with van der Waals surface area (Å²) in [5.74, 6) is 0. The van der Waals surface area contributed by atoms with Crippen molar-refractivity contribution in [2.75, 3.05) is 13.2 Å². The average Bonchev–Trinajstić information content (AvgIpc) is 1.63. The summed E-state index contributed by atoms with van der Waals surface area (Å²) in [7, 11) is 0. The maximum Gasteiger partial charge on any atom is 0.0657 e. The summed E-state index contributed by atoms with van der Waals surface area (Å²) in [5.41, 5.74) is 0. The van der Waals surface area contributed by atoms with Gasteiger partial charge < -0.3 is 4.74 Å². The molecule has 0 aromatic heterocycles. The first-order valence-corrected chi connectivity index (χ1v) is 3.31. The Labute approximate surface area is 61.7 Å². The van der Waals surface area contributed by atoms with Gasteiger partial charge in [-0.05, 0) is 13.8 Å². The molecular formula is C7H13ClO. The van der Waals surface area contributed by atoms with Crippen molar-refractivity contribution in [3.05, 3.63) is 12.7 Å². The van der Waals surface area contributed by atoms with E-state index in [0.29, 0.717) is 13.2 Å². The normalized spacial score (nSPS) is 11.4. The van der Waals surface area contributed by atoms with Crippen LogP contribution in [0.15, 0.2) is 12.7 Å². The lowest BCUT2D eigenvalue weighted by Crippen LogP contribution is -2.18. The molecule has 0 radical (unpaired) electrons. The molecule has 0 heterocycles. The van der Waals surface area contributed by atoms with E-state index >= 15 is 0 Å². The summed E-state index contributed by atoms with van der Waals surface area (Å²) < 4.78 is 5.10. The Hall–Kier alpha value is -0.0100. The van der Waals surface area contributed by atoms with Crippen LogP contribution in [-0.2, 0) is 4.74 Å². The number of halogens is 1. The molecule has 0 fully saturated rings. The Morgan fingerprint density at radius 2 is 2.22 bits per heavy atom. The van der Waals surface area contributed by atoms with Crippen LogP contribution in [-0.4, -0.2) is 18.1 Å². The highest BCUT2D eigenvalue weighted by atomic mass is 35.5. The highest BCUT2D eigenvalue weighted by Gasteiger charge is 2.11. The summed E-state index contributed by atoms with van der Waals surface area (Å²) in [6.07, 6.45) is 1.71. The summed E-state index contributed by atoms with van der Waals surface area (Å²) in [4.78, 5) is -0.247. The Morgan fingerprint density at radius 3 is 2.56 bits per heavy atom. The van der Waals surface area contributed by atoms with Crippen molar-refractivity contribution in [1.29, 1.82) is 0 Å². The van der Waals surface area contributed by atoms with E-state index in [4.69, 9.17) is 16.3 Å². The first kappa shape index (κ1) is 8.99. The molecule has 0 aliphatic carbocycles. The van der Waals surface area contributed by atoms with Crippen LogP contribution in [0.3, 0.4) is 0 Å². The summed E-state index contributed by atoms with van der Waals surface area (Å²) in [6.45, 7) is 8.49. The van der Waals surface area contributed by atoms with Gasteiger partial charge in [-0.15, -0.1) is 18.2 Å². The molecule has 0 aliphatic heterocycles. The van der Waals surface area contributed by atoms with Crippen LogP contribution in [0.2, 0.25) is 0 Å². The number of ether oxygens (including phenoxy) is 1. The quantitative estimate of drug-likeness (QED) is 0.338. The van der Waals surface area contributed by atoms with Crippen molar-refractivity contribution >= 4 is 11.6 Å². The van der Waals surface area contributed by atoms with Crippen molar-refractivity contribution in [3.8, 4) is 0 Å². The Bertz CT molecular complexity index is 83.4. The fraction of sp³-hybridized carbons (Fsp3) is 0.714. The third-order valence-electron chi connectivity index (χ3n) is 0.681. The Balaban J connectivity index is 3.17.